The average Bonchev–Trinajstić information content (AvgIpc) is 2.59. The van der Waals surface area contributed by atoms with Gasteiger partial charge in [0.15, 0.2) is 0 Å². The van der Waals surface area contributed by atoms with Crippen LogP contribution in [0.3, 0.4) is 0 Å². The molecule has 0 saturated carbocycles. The van der Waals surface area contributed by atoms with E-state index in [1.807, 2.05) is 6.07 Å². The topological polar surface area (TPSA) is 35.2 Å². The van der Waals surface area contributed by atoms with Gasteiger partial charge in [-0.05, 0) is 60.0 Å². The molecule has 2 aromatic rings. The van der Waals surface area contributed by atoms with Crippen molar-refractivity contribution in [3.8, 4) is 5.75 Å². The Balaban J connectivity index is 1.91. The SMILES string of the molecule is CCc1cccc(OCCC(CN)c2ccc(C(C)C)cc2)c1. The van der Waals surface area contributed by atoms with Crippen LogP contribution in [0.5, 0.6) is 5.75 Å². The lowest BCUT2D eigenvalue weighted by Crippen LogP contribution is -2.15. The quantitative estimate of drug-likeness (QED) is 0.754. The number of nitrogens with two attached hydrogens (primary N) is 1. The van der Waals surface area contributed by atoms with Crippen LogP contribution < -0.4 is 10.5 Å². The fourth-order valence-corrected chi connectivity index (χ4v) is 2.75. The monoisotopic (exact) mass is 311 g/mol. The van der Waals surface area contributed by atoms with Crippen LogP contribution >= 0.6 is 0 Å². The van der Waals surface area contributed by atoms with Crippen molar-refractivity contribution < 1.29 is 4.74 Å². The van der Waals surface area contributed by atoms with Gasteiger partial charge in [-0.25, -0.2) is 0 Å². The van der Waals surface area contributed by atoms with E-state index in [-0.39, 0.29) is 0 Å². The molecule has 124 valence electrons. The Labute approximate surface area is 140 Å². The van der Waals surface area contributed by atoms with Crippen molar-refractivity contribution in [2.45, 2.75) is 45.4 Å². The molecule has 0 spiro atoms. The van der Waals surface area contributed by atoms with Crippen LogP contribution in [0.15, 0.2) is 48.5 Å². The van der Waals surface area contributed by atoms with Crippen LogP contribution in [0.4, 0.5) is 0 Å². The maximum atomic E-state index is 5.97. The number of rotatable bonds is 8. The van der Waals surface area contributed by atoms with Gasteiger partial charge in [-0.1, -0.05) is 57.2 Å². The Morgan fingerprint density at radius 1 is 1.00 bits per heavy atom. The molecule has 2 N–H and O–H groups in total. The Hall–Kier alpha value is -1.80. The second-order valence-corrected chi connectivity index (χ2v) is 6.39. The average molecular weight is 311 g/mol. The van der Waals surface area contributed by atoms with E-state index in [0.717, 1.165) is 18.6 Å². The molecule has 0 aliphatic carbocycles. The Bertz CT molecular complexity index is 589. The molecule has 0 aliphatic rings. The van der Waals surface area contributed by atoms with Crippen LogP contribution in [0.1, 0.15) is 55.7 Å². The summed E-state index contributed by atoms with van der Waals surface area (Å²) in [6.07, 6.45) is 1.97. The zero-order valence-electron chi connectivity index (χ0n) is 14.6. The van der Waals surface area contributed by atoms with Gasteiger partial charge in [0.2, 0.25) is 0 Å². The first-order valence-corrected chi connectivity index (χ1v) is 8.65. The van der Waals surface area contributed by atoms with Crippen molar-refractivity contribution in [2.75, 3.05) is 13.2 Å². The van der Waals surface area contributed by atoms with Crippen molar-refractivity contribution in [1.82, 2.24) is 0 Å². The van der Waals surface area contributed by atoms with Gasteiger partial charge in [0.05, 0.1) is 6.61 Å². The first-order chi connectivity index (χ1) is 11.1. The highest BCUT2D eigenvalue weighted by molar-refractivity contribution is 5.29. The minimum Gasteiger partial charge on any atom is -0.494 e. The molecule has 2 rings (SSSR count). The molecular weight excluding hydrogens is 282 g/mol. The van der Waals surface area contributed by atoms with E-state index >= 15 is 0 Å². The van der Waals surface area contributed by atoms with Crippen molar-refractivity contribution in [3.63, 3.8) is 0 Å². The maximum Gasteiger partial charge on any atom is 0.119 e. The van der Waals surface area contributed by atoms with Crippen LogP contribution in [-0.2, 0) is 6.42 Å². The Morgan fingerprint density at radius 2 is 1.70 bits per heavy atom. The van der Waals surface area contributed by atoms with Gasteiger partial charge in [0, 0.05) is 0 Å². The molecule has 0 aliphatic heterocycles. The van der Waals surface area contributed by atoms with Gasteiger partial charge in [0.1, 0.15) is 5.75 Å². The predicted molar refractivity (Wildman–Crippen MR) is 98.3 cm³/mol. The predicted octanol–water partition coefficient (Wildman–Crippen LogP) is 4.88. The zero-order chi connectivity index (χ0) is 16.7. The fraction of sp³-hybridized carbons (Fsp3) is 0.429. The zero-order valence-corrected chi connectivity index (χ0v) is 14.6. The third-order valence-electron chi connectivity index (χ3n) is 4.40. The molecule has 1 atom stereocenters. The smallest absolute Gasteiger partial charge is 0.119 e. The van der Waals surface area contributed by atoms with Gasteiger partial charge in [-0.3, -0.25) is 0 Å². The van der Waals surface area contributed by atoms with E-state index in [1.165, 1.54) is 16.7 Å². The number of aryl methyl sites for hydroxylation is 1. The summed E-state index contributed by atoms with van der Waals surface area (Å²) >= 11 is 0. The molecule has 2 heteroatoms. The van der Waals surface area contributed by atoms with Crippen molar-refractivity contribution in [2.24, 2.45) is 5.73 Å². The number of hydrogen-bond donors (Lipinski definition) is 1. The Kier molecular flexibility index (Phi) is 6.66. The van der Waals surface area contributed by atoms with E-state index in [0.29, 0.717) is 25.0 Å². The Morgan fingerprint density at radius 3 is 2.30 bits per heavy atom. The molecule has 0 saturated heterocycles. The highest BCUT2D eigenvalue weighted by Crippen LogP contribution is 2.23. The summed E-state index contributed by atoms with van der Waals surface area (Å²) in [5.74, 6) is 1.87. The summed E-state index contributed by atoms with van der Waals surface area (Å²) in [7, 11) is 0. The van der Waals surface area contributed by atoms with E-state index in [9.17, 15) is 0 Å². The molecule has 2 nitrogen and oxygen atoms in total. The molecular formula is C21H29NO. The number of benzene rings is 2. The van der Waals surface area contributed by atoms with Crippen LogP contribution in [0.2, 0.25) is 0 Å². The van der Waals surface area contributed by atoms with Gasteiger partial charge in [-0.2, -0.15) is 0 Å². The lowest BCUT2D eigenvalue weighted by atomic mass is 9.93. The lowest BCUT2D eigenvalue weighted by Gasteiger charge is -2.17. The molecule has 1 unspecified atom stereocenters. The summed E-state index contributed by atoms with van der Waals surface area (Å²) in [6.45, 7) is 7.94. The maximum absolute atomic E-state index is 5.97. The second kappa shape index (κ2) is 8.73. The third kappa shape index (κ3) is 5.11. The molecule has 0 radical (unpaired) electrons. The minimum atomic E-state index is 0.352. The number of ether oxygens (including phenoxy) is 1. The van der Waals surface area contributed by atoms with E-state index in [2.05, 4.69) is 63.2 Å². The lowest BCUT2D eigenvalue weighted by molar-refractivity contribution is 0.298. The molecule has 0 aromatic heterocycles. The second-order valence-electron chi connectivity index (χ2n) is 6.39. The number of hydrogen-bond acceptors (Lipinski definition) is 2. The first kappa shape index (κ1) is 17.6. The largest absolute Gasteiger partial charge is 0.494 e. The minimum absolute atomic E-state index is 0.352. The summed E-state index contributed by atoms with van der Waals surface area (Å²) in [5, 5.41) is 0. The summed E-state index contributed by atoms with van der Waals surface area (Å²) < 4.78 is 5.91. The normalized spacial score (nSPS) is 12.4. The van der Waals surface area contributed by atoms with E-state index in [4.69, 9.17) is 10.5 Å². The summed E-state index contributed by atoms with van der Waals surface area (Å²) in [4.78, 5) is 0. The van der Waals surface area contributed by atoms with Crippen LogP contribution in [0, 0.1) is 0 Å². The van der Waals surface area contributed by atoms with E-state index < -0.39 is 0 Å². The molecule has 0 amide bonds. The van der Waals surface area contributed by atoms with Gasteiger partial charge in [-0.15, -0.1) is 0 Å². The molecule has 0 bridgehead atoms. The highest BCUT2D eigenvalue weighted by atomic mass is 16.5. The van der Waals surface area contributed by atoms with Gasteiger partial charge in [0.25, 0.3) is 0 Å². The standard InChI is InChI=1S/C21H29NO/c1-4-17-6-5-7-21(14-17)23-13-12-20(15-22)19-10-8-18(9-11-19)16(2)3/h5-11,14,16,20H,4,12-13,15,22H2,1-3H3. The molecule has 23 heavy (non-hydrogen) atoms. The molecule has 0 fully saturated rings. The summed E-state index contributed by atoms with van der Waals surface area (Å²) in [5.41, 5.74) is 9.96. The van der Waals surface area contributed by atoms with Gasteiger partial charge < -0.3 is 10.5 Å². The van der Waals surface area contributed by atoms with Crippen molar-refractivity contribution >= 4 is 0 Å². The first-order valence-electron chi connectivity index (χ1n) is 8.65. The third-order valence-corrected chi connectivity index (χ3v) is 4.40. The fourth-order valence-electron chi connectivity index (χ4n) is 2.75. The van der Waals surface area contributed by atoms with Crippen molar-refractivity contribution in [1.29, 1.82) is 0 Å². The van der Waals surface area contributed by atoms with Crippen LogP contribution in [-0.4, -0.2) is 13.2 Å². The molecule has 0 heterocycles. The van der Waals surface area contributed by atoms with E-state index in [1.54, 1.807) is 0 Å². The van der Waals surface area contributed by atoms with Crippen LogP contribution in [0.25, 0.3) is 0 Å². The van der Waals surface area contributed by atoms with Gasteiger partial charge >= 0.3 is 0 Å². The molecule has 2 aromatic carbocycles. The summed E-state index contributed by atoms with van der Waals surface area (Å²) in [6, 6.07) is 17.2. The highest BCUT2D eigenvalue weighted by Gasteiger charge is 2.10. The van der Waals surface area contributed by atoms with Crippen molar-refractivity contribution in [3.05, 3.63) is 65.2 Å².